The lowest BCUT2D eigenvalue weighted by molar-refractivity contribution is -0.188. The first-order chi connectivity index (χ1) is 9.21. The number of hydrogen-bond acceptors (Lipinski definition) is 4. The summed E-state index contributed by atoms with van der Waals surface area (Å²) >= 11 is 0. The molecule has 0 amide bonds. The number of carbonyl (C=O) groups is 4. The number of rotatable bonds is 4. The van der Waals surface area contributed by atoms with E-state index in [1.807, 2.05) is 0 Å². The van der Waals surface area contributed by atoms with Crippen molar-refractivity contribution < 1.29 is 39.6 Å². The van der Waals surface area contributed by atoms with Gasteiger partial charge in [-0.1, -0.05) is 5.57 Å². The molecule has 108 valence electrons. The Morgan fingerprint density at radius 1 is 0.800 bits per heavy atom. The minimum absolute atomic E-state index is 0.0935. The molecule has 3 aliphatic rings. The SMILES string of the molecule is O=C(O)C1=C2CCC(C(=O)O)(CC2)C1(C(=O)O)C(=O)O. The molecular weight excluding hydrogens is 272 g/mol. The molecule has 0 spiro atoms. The van der Waals surface area contributed by atoms with E-state index >= 15 is 0 Å². The third kappa shape index (κ3) is 1.30. The van der Waals surface area contributed by atoms with Crippen molar-refractivity contribution in [3.8, 4) is 0 Å². The predicted molar refractivity (Wildman–Crippen MR) is 60.9 cm³/mol. The maximum absolute atomic E-state index is 11.6. The van der Waals surface area contributed by atoms with Crippen LogP contribution in [0.25, 0.3) is 0 Å². The van der Waals surface area contributed by atoms with Crippen LogP contribution in [0.5, 0.6) is 0 Å². The Kier molecular flexibility index (Phi) is 2.85. The van der Waals surface area contributed by atoms with E-state index in [1.54, 1.807) is 0 Å². The molecule has 3 aliphatic carbocycles. The van der Waals surface area contributed by atoms with Crippen molar-refractivity contribution in [3.05, 3.63) is 11.1 Å². The van der Waals surface area contributed by atoms with Gasteiger partial charge in [0.15, 0.2) is 0 Å². The molecule has 20 heavy (non-hydrogen) atoms. The van der Waals surface area contributed by atoms with Crippen LogP contribution in [-0.2, 0) is 19.2 Å². The van der Waals surface area contributed by atoms with Gasteiger partial charge in [-0.3, -0.25) is 14.4 Å². The van der Waals surface area contributed by atoms with Crippen molar-refractivity contribution in [2.45, 2.75) is 25.7 Å². The molecule has 0 radical (unpaired) electrons. The van der Waals surface area contributed by atoms with Gasteiger partial charge in [0.05, 0.1) is 11.0 Å². The Morgan fingerprint density at radius 3 is 1.55 bits per heavy atom. The van der Waals surface area contributed by atoms with E-state index < -0.39 is 40.3 Å². The molecular formula is C12H12O8. The van der Waals surface area contributed by atoms with Crippen LogP contribution in [0.4, 0.5) is 0 Å². The Morgan fingerprint density at radius 2 is 1.25 bits per heavy atom. The first-order valence-corrected chi connectivity index (χ1v) is 5.88. The minimum atomic E-state index is -2.93. The Balaban J connectivity index is 2.91. The van der Waals surface area contributed by atoms with Crippen molar-refractivity contribution in [2.24, 2.45) is 10.8 Å². The highest BCUT2D eigenvalue weighted by molar-refractivity contribution is 6.15. The van der Waals surface area contributed by atoms with Crippen LogP contribution in [0.1, 0.15) is 25.7 Å². The molecule has 0 unspecified atom stereocenters. The van der Waals surface area contributed by atoms with Gasteiger partial charge >= 0.3 is 23.9 Å². The second-order valence-corrected chi connectivity index (χ2v) is 5.03. The van der Waals surface area contributed by atoms with Gasteiger partial charge in [-0.25, -0.2) is 4.79 Å². The van der Waals surface area contributed by atoms with E-state index in [0.29, 0.717) is 0 Å². The molecule has 0 saturated heterocycles. The van der Waals surface area contributed by atoms with Crippen LogP contribution in [0.15, 0.2) is 11.1 Å². The van der Waals surface area contributed by atoms with E-state index in [2.05, 4.69) is 0 Å². The lowest BCUT2D eigenvalue weighted by Crippen LogP contribution is -2.63. The number of carboxylic acid groups (broad SMARTS) is 4. The van der Waals surface area contributed by atoms with E-state index in [-0.39, 0.29) is 31.3 Å². The molecule has 0 aromatic carbocycles. The third-order valence-electron chi connectivity index (χ3n) is 4.42. The molecule has 0 aliphatic heterocycles. The standard InChI is InChI=1S/C12H12O8/c13-7(14)6-5-1-3-11(4-2-5,8(15)16)12(6,9(17)18)10(19)20/h1-4H2,(H,13,14)(H,15,16)(H,17,18)(H,19,20). The van der Waals surface area contributed by atoms with Crippen molar-refractivity contribution in [3.63, 3.8) is 0 Å². The third-order valence-corrected chi connectivity index (χ3v) is 4.42. The highest BCUT2D eigenvalue weighted by atomic mass is 16.4. The zero-order valence-corrected chi connectivity index (χ0v) is 10.3. The van der Waals surface area contributed by atoms with Gasteiger partial charge in [0, 0.05) is 0 Å². The number of aliphatic carboxylic acids is 4. The Labute approximate surface area is 112 Å². The fraction of sp³-hybridized carbons (Fsp3) is 0.500. The number of hydrogen-bond donors (Lipinski definition) is 4. The first-order valence-electron chi connectivity index (χ1n) is 5.88. The highest BCUT2D eigenvalue weighted by Gasteiger charge is 2.73. The van der Waals surface area contributed by atoms with E-state index in [9.17, 15) is 39.6 Å². The quantitative estimate of drug-likeness (QED) is 0.534. The summed E-state index contributed by atoms with van der Waals surface area (Å²) in [6.07, 6.45) is -0.188. The van der Waals surface area contributed by atoms with Gasteiger partial charge in [-0.2, -0.15) is 0 Å². The summed E-state index contributed by atoms with van der Waals surface area (Å²) in [6.45, 7) is 0. The van der Waals surface area contributed by atoms with E-state index in [1.165, 1.54) is 0 Å². The van der Waals surface area contributed by atoms with Gasteiger partial charge in [0.1, 0.15) is 0 Å². The van der Waals surface area contributed by atoms with E-state index in [0.717, 1.165) is 0 Å². The van der Waals surface area contributed by atoms with Crippen molar-refractivity contribution in [1.82, 2.24) is 0 Å². The second-order valence-electron chi connectivity index (χ2n) is 5.03. The van der Waals surface area contributed by atoms with Gasteiger partial charge in [-0.15, -0.1) is 0 Å². The summed E-state index contributed by atoms with van der Waals surface area (Å²) in [4.78, 5) is 46.1. The fourth-order valence-electron chi connectivity index (χ4n) is 3.51. The summed E-state index contributed by atoms with van der Waals surface area (Å²) < 4.78 is 0. The zero-order valence-electron chi connectivity index (χ0n) is 10.3. The van der Waals surface area contributed by atoms with Crippen molar-refractivity contribution >= 4 is 23.9 Å². The zero-order chi connectivity index (χ0) is 15.3. The summed E-state index contributed by atoms with van der Waals surface area (Å²) in [5.74, 6) is -7.15. The van der Waals surface area contributed by atoms with Crippen LogP contribution >= 0.6 is 0 Å². The maximum atomic E-state index is 11.6. The van der Waals surface area contributed by atoms with Crippen LogP contribution < -0.4 is 0 Å². The monoisotopic (exact) mass is 284 g/mol. The molecule has 1 saturated carbocycles. The smallest absolute Gasteiger partial charge is 0.333 e. The van der Waals surface area contributed by atoms with Gasteiger partial charge in [0.25, 0.3) is 0 Å². The Bertz CT molecular complexity index is 546. The van der Waals surface area contributed by atoms with Gasteiger partial charge in [-0.05, 0) is 25.7 Å². The van der Waals surface area contributed by atoms with E-state index in [4.69, 9.17) is 0 Å². The molecule has 2 bridgehead atoms. The average Bonchev–Trinajstić information content (AvgIpc) is 2.37. The van der Waals surface area contributed by atoms with Gasteiger partial charge < -0.3 is 20.4 Å². The summed E-state index contributed by atoms with van der Waals surface area (Å²) in [7, 11) is 0. The predicted octanol–water partition coefficient (Wildman–Crippen LogP) is 0.182. The maximum Gasteiger partial charge on any atom is 0.333 e. The molecule has 0 heterocycles. The van der Waals surface area contributed by atoms with Crippen LogP contribution in [0, 0.1) is 10.8 Å². The lowest BCUT2D eigenvalue weighted by atomic mass is 9.48. The summed E-state index contributed by atoms with van der Waals surface area (Å²) in [6, 6.07) is 0. The molecule has 0 aromatic heterocycles. The molecule has 8 heteroatoms. The molecule has 1 fully saturated rings. The highest BCUT2D eigenvalue weighted by Crippen LogP contribution is 2.61. The molecule has 3 rings (SSSR count). The average molecular weight is 284 g/mol. The second kappa shape index (κ2) is 4.06. The summed E-state index contributed by atoms with van der Waals surface area (Å²) in [5, 5.41) is 37.4. The van der Waals surface area contributed by atoms with Crippen LogP contribution in [-0.4, -0.2) is 44.3 Å². The van der Waals surface area contributed by atoms with Crippen molar-refractivity contribution in [1.29, 1.82) is 0 Å². The molecule has 8 nitrogen and oxygen atoms in total. The first kappa shape index (κ1) is 14.0. The molecule has 0 atom stereocenters. The number of allylic oxidation sites excluding steroid dienone is 1. The topological polar surface area (TPSA) is 149 Å². The normalized spacial score (nSPS) is 22.4. The summed E-state index contributed by atoms with van der Waals surface area (Å²) in [5.41, 5.74) is -5.64. The largest absolute Gasteiger partial charge is 0.481 e. The van der Waals surface area contributed by atoms with Gasteiger partial charge in [0.2, 0.25) is 5.41 Å². The number of carboxylic acids is 4. The van der Waals surface area contributed by atoms with Crippen LogP contribution in [0.2, 0.25) is 0 Å². The number of fused-ring (bicyclic) bond motifs is 3. The van der Waals surface area contributed by atoms with Crippen molar-refractivity contribution in [2.75, 3.05) is 0 Å². The molecule has 0 aromatic rings. The van der Waals surface area contributed by atoms with Crippen LogP contribution in [0.3, 0.4) is 0 Å². The minimum Gasteiger partial charge on any atom is -0.481 e. The fourth-order valence-corrected chi connectivity index (χ4v) is 3.51. The lowest BCUT2D eigenvalue weighted by Gasteiger charge is -2.50. The Hall–Kier alpha value is -2.38. The molecule has 4 N–H and O–H groups in total.